The zero-order valence-electron chi connectivity index (χ0n) is 8.20. The highest BCUT2D eigenvalue weighted by Crippen LogP contribution is 2.43. The first-order chi connectivity index (χ1) is 6.32. The normalized spacial score (nSPS) is 27.3. The summed E-state index contributed by atoms with van der Waals surface area (Å²) in [7, 11) is -3.37. The van der Waals surface area contributed by atoms with Gasteiger partial charge in [-0.3, -0.25) is 0 Å². The Morgan fingerprint density at radius 3 is 2.36 bits per heavy atom. The van der Waals surface area contributed by atoms with Crippen molar-refractivity contribution in [1.82, 2.24) is 4.72 Å². The molecule has 1 N–H and O–H groups in total. The summed E-state index contributed by atoms with van der Waals surface area (Å²) in [6, 6.07) is -0.177. The summed E-state index contributed by atoms with van der Waals surface area (Å²) in [5, 5.41) is 0. The van der Waals surface area contributed by atoms with Gasteiger partial charge in [0.15, 0.2) is 0 Å². The monoisotopic (exact) mass is 227 g/mol. The van der Waals surface area contributed by atoms with E-state index in [1.54, 1.807) is 13.8 Å². The minimum Gasteiger partial charge on any atom is -0.213 e. The van der Waals surface area contributed by atoms with Crippen molar-refractivity contribution in [3.8, 4) is 0 Å². The van der Waals surface area contributed by atoms with Gasteiger partial charge in [0.05, 0.1) is 5.75 Å². The van der Waals surface area contributed by atoms with Gasteiger partial charge in [-0.1, -0.05) is 0 Å². The molecule has 14 heavy (non-hydrogen) atoms. The molecule has 0 amide bonds. The first-order valence-electron chi connectivity index (χ1n) is 4.60. The van der Waals surface area contributed by atoms with E-state index in [0.29, 0.717) is 6.42 Å². The van der Waals surface area contributed by atoms with Crippen LogP contribution in [0.1, 0.15) is 20.3 Å². The van der Waals surface area contributed by atoms with Crippen molar-refractivity contribution in [1.29, 1.82) is 0 Å². The maximum atomic E-state index is 12.1. The molecular formula is C8H15F2NO2S. The van der Waals surface area contributed by atoms with Gasteiger partial charge in [-0.25, -0.2) is 21.9 Å². The standard InChI is InChI=1S/C8H15F2NO2S/c1-5(2)11-14(12,13)4-6-3-7(6)8(9)10/h5-8,11H,3-4H2,1-2H3/t6-,7-/m1/s1. The molecule has 0 unspecified atom stereocenters. The number of alkyl halides is 2. The minimum absolute atomic E-state index is 0.166. The number of sulfonamides is 1. The van der Waals surface area contributed by atoms with E-state index in [4.69, 9.17) is 0 Å². The Kier molecular flexibility index (Phi) is 3.47. The molecule has 0 aromatic rings. The van der Waals surface area contributed by atoms with E-state index in [1.165, 1.54) is 0 Å². The summed E-state index contributed by atoms with van der Waals surface area (Å²) < 4.78 is 49.2. The van der Waals surface area contributed by atoms with Crippen LogP contribution in [0.3, 0.4) is 0 Å². The Labute approximate surface area is 82.9 Å². The van der Waals surface area contributed by atoms with Crippen molar-refractivity contribution in [2.24, 2.45) is 11.8 Å². The molecule has 1 aliphatic rings. The SMILES string of the molecule is CC(C)NS(=O)(=O)C[C@H]1C[C@H]1C(F)F. The topological polar surface area (TPSA) is 46.2 Å². The molecule has 0 bridgehead atoms. The summed E-state index contributed by atoms with van der Waals surface area (Å²) >= 11 is 0. The average Bonchev–Trinajstić information content (AvgIpc) is 2.62. The van der Waals surface area contributed by atoms with E-state index in [-0.39, 0.29) is 17.7 Å². The Morgan fingerprint density at radius 1 is 1.43 bits per heavy atom. The van der Waals surface area contributed by atoms with Gasteiger partial charge < -0.3 is 0 Å². The highest BCUT2D eigenvalue weighted by atomic mass is 32.2. The van der Waals surface area contributed by atoms with E-state index >= 15 is 0 Å². The van der Waals surface area contributed by atoms with Crippen LogP contribution >= 0.6 is 0 Å². The largest absolute Gasteiger partial charge is 0.241 e. The second-order valence-electron chi connectivity index (χ2n) is 4.05. The molecule has 1 aliphatic carbocycles. The first-order valence-corrected chi connectivity index (χ1v) is 6.25. The van der Waals surface area contributed by atoms with Crippen LogP contribution in [-0.2, 0) is 10.0 Å². The van der Waals surface area contributed by atoms with Gasteiger partial charge in [0.1, 0.15) is 0 Å². The summed E-state index contributed by atoms with van der Waals surface area (Å²) in [5.74, 6) is -1.23. The Morgan fingerprint density at radius 2 is 2.00 bits per heavy atom. The lowest BCUT2D eigenvalue weighted by Crippen LogP contribution is -2.33. The van der Waals surface area contributed by atoms with Crippen molar-refractivity contribution < 1.29 is 17.2 Å². The highest BCUT2D eigenvalue weighted by molar-refractivity contribution is 7.89. The fraction of sp³-hybridized carbons (Fsp3) is 1.00. The molecule has 0 aromatic carbocycles. The van der Waals surface area contributed by atoms with Crippen LogP contribution in [0, 0.1) is 11.8 Å². The summed E-state index contributed by atoms with van der Waals surface area (Å²) in [4.78, 5) is 0. The average molecular weight is 227 g/mol. The minimum atomic E-state index is -3.37. The van der Waals surface area contributed by atoms with Crippen molar-refractivity contribution in [3.63, 3.8) is 0 Å². The number of halogens is 2. The zero-order chi connectivity index (χ0) is 10.9. The van der Waals surface area contributed by atoms with E-state index in [0.717, 1.165) is 0 Å². The molecule has 2 atom stereocenters. The van der Waals surface area contributed by atoms with Gasteiger partial charge in [0.25, 0.3) is 0 Å². The molecule has 1 rings (SSSR count). The van der Waals surface area contributed by atoms with Crippen molar-refractivity contribution in [2.45, 2.75) is 32.7 Å². The third-order valence-corrected chi connectivity index (χ3v) is 3.85. The smallest absolute Gasteiger partial charge is 0.213 e. The Bertz CT molecular complexity index is 290. The lowest BCUT2D eigenvalue weighted by Gasteiger charge is -2.08. The fourth-order valence-electron chi connectivity index (χ4n) is 1.46. The van der Waals surface area contributed by atoms with Crippen LogP contribution in [0.15, 0.2) is 0 Å². The van der Waals surface area contributed by atoms with Gasteiger partial charge in [-0.2, -0.15) is 0 Å². The van der Waals surface area contributed by atoms with Gasteiger partial charge in [-0.05, 0) is 26.2 Å². The molecule has 0 saturated heterocycles. The molecule has 84 valence electrons. The number of hydrogen-bond donors (Lipinski definition) is 1. The summed E-state index contributed by atoms with van der Waals surface area (Å²) in [6.45, 7) is 3.41. The van der Waals surface area contributed by atoms with E-state index in [1.807, 2.05) is 0 Å². The molecule has 1 fully saturated rings. The van der Waals surface area contributed by atoms with Crippen LogP contribution in [0.25, 0.3) is 0 Å². The van der Waals surface area contributed by atoms with Gasteiger partial charge >= 0.3 is 0 Å². The van der Waals surface area contributed by atoms with Crippen LogP contribution in [0.2, 0.25) is 0 Å². The molecule has 0 spiro atoms. The van der Waals surface area contributed by atoms with Crippen molar-refractivity contribution in [2.75, 3.05) is 5.75 Å². The second-order valence-corrected chi connectivity index (χ2v) is 5.85. The lowest BCUT2D eigenvalue weighted by atomic mass is 10.4. The molecule has 0 heterocycles. The van der Waals surface area contributed by atoms with Crippen LogP contribution in [0.5, 0.6) is 0 Å². The van der Waals surface area contributed by atoms with Gasteiger partial charge in [-0.15, -0.1) is 0 Å². The third-order valence-electron chi connectivity index (χ3n) is 2.15. The predicted octanol–water partition coefficient (Wildman–Crippen LogP) is 1.22. The molecule has 6 heteroatoms. The van der Waals surface area contributed by atoms with E-state index in [2.05, 4.69) is 4.72 Å². The predicted molar refractivity (Wildman–Crippen MR) is 49.7 cm³/mol. The quantitative estimate of drug-likeness (QED) is 0.767. The Balaban J connectivity index is 2.39. The van der Waals surface area contributed by atoms with E-state index in [9.17, 15) is 17.2 Å². The van der Waals surface area contributed by atoms with Crippen LogP contribution in [0.4, 0.5) is 8.78 Å². The highest BCUT2D eigenvalue weighted by Gasteiger charge is 2.46. The maximum absolute atomic E-state index is 12.1. The zero-order valence-corrected chi connectivity index (χ0v) is 9.02. The third kappa shape index (κ3) is 3.49. The van der Waals surface area contributed by atoms with Crippen molar-refractivity contribution in [3.05, 3.63) is 0 Å². The molecule has 0 radical (unpaired) electrons. The fourth-order valence-corrected chi connectivity index (χ4v) is 3.22. The van der Waals surface area contributed by atoms with Gasteiger partial charge in [0.2, 0.25) is 16.4 Å². The first kappa shape index (κ1) is 11.8. The number of rotatable bonds is 5. The second kappa shape index (κ2) is 4.10. The molecule has 0 aliphatic heterocycles. The summed E-state index contributed by atoms with van der Waals surface area (Å²) in [5.41, 5.74) is 0. The van der Waals surface area contributed by atoms with Crippen LogP contribution in [-0.4, -0.2) is 26.6 Å². The van der Waals surface area contributed by atoms with Crippen molar-refractivity contribution >= 4 is 10.0 Å². The maximum Gasteiger partial charge on any atom is 0.241 e. The van der Waals surface area contributed by atoms with E-state index < -0.39 is 22.4 Å². The Hall–Kier alpha value is -0.230. The lowest BCUT2D eigenvalue weighted by molar-refractivity contribution is 0.117. The summed E-state index contributed by atoms with van der Waals surface area (Å²) in [6.07, 6.45) is -2.05. The number of nitrogens with one attached hydrogen (secondary N) is 1. The molecule has 0 aromatic heterocycles. The molecule has 3 nitrogen and oxygen atoms in total. The molecular weight excluding hydrogens is 212 g/mol. The van der Waals surface area contributed by atoms with Gasteiger partial charge in [0, 0.05) is 12.0 Å². The molecule has 1 saturated carbocycles. The van der Waals surface area contributed by atoms with Crippen LogP contribution < -0.4 is 4.72 Å². The number of hydrogen-bond acceptors (Lipinski definition) is 2.